The normalized spacial score (nSPS) is 24.0. The summed E-state index contributed by atoms with van der Waals surface area (Å²) in [7, 11) is 0. The summed E-state index contributed by atoms with van der Waals surface area (Å²) in [5, 5.41) is 7.45. The van der Waals surface area contributed by atoms with E-state index in [1.54, 1.807) is 11.1 Å². The summed E-state index contributed by atoms with van der Waals surface area (Å²) >= 11 is 0. The van der Waals surface area contributed by atoms with Crippen LogP contribution in [0.1, 0.15) is 69.5 Å². The Balaban J connectivity index is 1.43. The SMILES string of the molecule is CC(C)CCCCCCNC1NCCC2c3ccccc3CCN12. The van der Waals surface area contributed by atoms with Gasteiger partial charge in [0.05, 0.1) is 0 Å². The molecule has 0 amide bonds. The van der Waals surface area contributed by atoms with Crippen molar-refractivity contribution < 1.29 is 0 Å². The van der Waals surface area contributed by atoms with Crippen LogP contribution in [0, 0.1) is 5.92 Å². The molecular weight excluding hydrogens is 294 g/mol. The number of hydrogen-bond donors (Lipinski definition) is 2. The Bertz CT molecular complexity index is 500. The quantitative estimate of drug-likeness (QED) is 0.704. The minimum atomic E-state index is 0.354. The predicted octanol–water partition coefficient (Wildman–Crippen LogP) is 4.06. The summed E-state index contributed by atoms with van der Waals surface area (Å²) in [6.45, 7) is 8.06. The van der Waals surface area contributed by atoms with Gasteiger partial charge in [0.1, 0.15) is 6.29 Å². The third-order valence-corrected chi connectivity index (χ3v) is 5.59. The third-order valence-electron chi connectivity index (χ3n) is 5.59. The first kappa shape index (κ1) is 17.9. The molecule has 1 aromatic carbocycles. The predicted molar refractivity (Wildman–Crippen MR) is 102 cm³/mol. The monoisotopic (exact) mass is 329 g/mol. The van der Waals surface area contributed by atoms with E-state index < -0.39 is 0 Å². The largest absolute Gasteiger partial charge is 0.289 e. The van der Waals surface area contributed by atoms with Crippen LogP contribution in [0.4, 0.5) is 0 Å². The summed E-state index contributed by atoms with van der Waals surface area (Å²) in [4.78, 5) is 2.64. The molecule has 1 aromatic rings. The van der Waals surface area contributed by atoms with Crippen molar-refractivity contribution >= 4 is 0 Å². The molecule has 0 aromatic heterocycles. The fourth-order valence-electron chi connectivity index (χ4n) is 4.23. The average Bonchev–Trinajstić information content (AvgIpc) is 2.60. The lowest BCUT2D eigenvalue weighted by Gasteiger charge is -2.46. The molecule has 2 atom stereocenters. The number of fused-ring (bicyclic) bond motifs is 3. The summed E-state index contributed by atoms with van der Waals surface area (Å²) in [5.74, 6) is 0.855. The van der Waals surface area contributed by atoms with E-state index in [4.69, 9.17) is 0 Å². The number of hydrogen-bond acceptors (Lipinski definition) is 3. The molecule has 2 aliphatic rings. The second kappa shape index (κ2) is 8.98. The van der Waals surface area contributed by atoms with Gasteiger partial charge in [-0.05, 0) is 49.4 Å². The van der Waals surface area contributed by atoms with E-state index in [1.807, 2.05) is 0 Å². The highest BCUT2D eigenvalue weighted by molar-refractivity contribution is 5.33. The Morgan fingerprint density at radius 3 is 2.88 bits per heavy atom. The van der Waals surface area contributed by atoms with Crippen LogP contribution >= 0.6 is 0 Å². The van der Waals surface area contributed by atoms with Gasteiger partial charge in [0, 0.05) is 12.6 Å². The van der Waals surface area contributed by atoms with Crippen LogP contribution in [0.15, 0.2) is 24.3 Å². The first-order valence-electron chi connectivity index (χ1n) is 10.1. The van der Waals surface area contributed by atoms with Crippen LogP contribution in [0.2, 0.25) is 0 Å². The van der Waals surface area contributed by atoms with Gasteiger partial charge in [-0.1, -0.05) is 63.8 Å². The standard InChI is InChI=1S/C21H35N3/c1-17(2)9-5-3-4-8-14-22-21-23-15-12-20-19-11-7-6-10-18(19)13-16-24(20)21/h6-7,10-11,17,20-23H,3-5,8-9,12-16H2,1-2H3. The maximum atomic E-state index is 3.77. The van der Waals surface area contributed by atoms with Crippen LogP contribution in [-0.4, -0.2) is 30.8 Å². The van der Waals surface area contributed by atoms with Crippen LogP contribution in [0.3, 0.4) is 0 Å². The van der Waals surface area contributed by atoms with E-state index in [0.717, 1.165) is 19.0 Å². The molecular formula is C21H35N3. The fraction of sp³-hybridized carbons (Fsp3) is 0.714. The van der Waals surface area contributed by atoms with E-state index in [-0.39, 0.29) is 0 Å². The summed E-state index contributed by atoms with van der Waals surface area (Å²) < 4.78 is 0. The Morgan fingerprint density at radius 1 is 1.17 bits per heavy atom. The Kier molecular flexibility index (Phi) is 6.70. The average molecular weight is 330 g/mol. The second-order valence-electron chi connectivity index (χ2n) is 7.90. The Labute approximate surface area is 148 Å². The van der Waals surface area contributed by atoms with E-state index >= 15 is 0 Å². The molecule has 1 fully saturated rings. The topological polar surface area (TPSA) is 27.3 Å². The Morgan fingerprint density at radius 2 is 2.00 bits per heavy atom. The van der Waals surface area contributed by atoms with Gasteiger partial charge in [-0.2, -0.15) is 0 Å². The molecule has 3 heteroatoms. The van der Waals surface area contributed by atoms with Gasteiger partial charge in [0.25, 0.3) is 0 Å². The van der Waals surface area contributed by atoms with Crippen molar-refractivity contribution in [3.63, 3.8) is 0 Å². The van der Waals surface area contributed by atoms with Gasteiger partial charge in [-0.25, -0.2) is 0 Å². The van der Waals surface area contributed by atoms with Crippen molar-refractivity contribution in [2.75, 3.05) is 19.6 Å². The summed E-state index contributed by atoms with van der Waals surface area (Å²) in [5.41, 5.74) is 3.12. The molecule has 2 heterocycles. The van der Waals surface area contributed by atoms with E-state index in [1.165, 1.54) is 51.5 Å². The molecule has 0 bridgehead atoms. The Hall–Kier alpha value is -0.900. The number of nitrogens with one attached hydrogen (secondary N) is 2. The van der Waals surface area contributed by atoms with E-state index in [9.17, 15) is 0 Å². The zero-order valence-corrected chi connectivity index (χ0v) is 15.6. The van der Waals surface area contributed by atoms with E-state index in [2.05, 4.69) is 53.6 Å². The van der Waals surface area contributed by atoms with Gasteiger partial charge < -0.3 is 0 Å². The molecule has 1 saturated heterocycles. The van der Waals surface area contributed by atoms with Crippen LogP contribution in [0.25, 0.3) is 0 Å². The molecule has 3 rings (SSSR count). The zero-order chi connectivity index (χ0) is 16.8. The highest BCUT2D eigenvalue weighted by Gasteiger charge is 2.34. The van der Waals surface area contributed by atoms with Gasteiger partial charge in [0.2, 0.25) is 0 Å². The molecule has 0 radical (unpaired) electrons. The number of nitrogens with zero attached hydrogens (tertiary/aromatic N) is 1. The van der Waals surface area contributed by atoms with Crippen molar-refractivity contribution in [2.45, 2.75) is 71.1 Å². The molecule has 2 unspecified atom stereocenters. The van der Waals surface area contributed by atoms with Crippen molar-refractivity contribution in [1.82, 2.24) is 15.5 Å². The second-order valence-corrected chi connectivity index (χ2v) is 7.90. The first-order chi connectivity index (χ1) is 11.8. The molecule has 0 spiro atoms. The lowest BCUT2D eigenvalue weighted by Crippen LogP contribution is -2.61. The van der Waals surface area contributed by atoms with Gasteiger partial charge in [0.15, 0.2) is 0 Å². The van der Waals surface area contributed by atoms with Crippen molar-refractivity contribution in [3.05, 3.63) is 35.4 Å². The zero-order valence-electron chi connectivity index (χ0n) is 15.6. The van der Waals surface area contributed by atoms with Crippen LogP contribution < -0.4 is 10.6 Å². The highest BCUT2D eigenvalue weighted by Crippen LogP contribution is 2.34. The number of unbranched alkanes of at least 4 members (excludes halogenated alkanes) is 3. The molecule has 24 heavy (non-hydrogen) atoms. The van der Waals surface area contributed by atoms with Crippen molar-refractivity contribution in [3.8, 4) is 0 Å². The van der Waals surface area contributed by atoms with Crippen LogP contribution in [-0.2, 0) is 6.42 Å². The molecule has 2 N–H and O–H groups in total. The smallest absolute Gasteiger partial charge is 0.115 e. The van der Waals surface area contributed by atoms with Gasteiger partial charge in [-0.3, -0.25) is 15.5 Å². The highest BCUT2D eigenvalue weighted by atomic mass is 15.4. The molecule has 2 aliphatic heterocycles. The minimum absolute atomic E-state index is 0.354. The maximum Gasteiger partial charge on any atom is 0.115 e. The molecule has 134 valence electrons. The third kappa shape index (κ3) is 4.59. The summed E-state index contributed by atoms with van der Waals surface area (Å²) in [6, 6.07) is 9.63. The molecule has 0 aliphatic carbocycles. The lowest BCUT2D eigenvalue weighted by molar-refractivity contribution is 0.0407. The van der Waals surface area contributed by atoms with Crippen LogP contribution in [0.5, 0.6) is 0 Å². The molecule has 3 nitrogen and oxygen atoms in total. The number of benzene rings is 1. The maximum absolute atomic E-state index is 3.77. The van der Waals surface area contributed by atoms with Crippen molar-refractivity contribution in [2.24, 2.45) is 5.92 Å². The first-order valence-corrected chi connectivity index (χ1v) is 10.1. The summed E-state index contributed by atoms with van der Waals surface area (Å²) in [6.07, 6.45) is 9.58. The molecule has 0 saturated carbocycles. The van der Waals surface area contributed by atoms with E-state index in [0.29, 0.717) is 12.3 Å². The number of rotatable bonds is 8. The van der Waals surface area contributed by atoms with Gasteiger partial charge >= 0.3 is 0 Å². The van der Waals surface area contributed by atoms with Gasteiger partial charge in [-0.15, -0.1) is 0 Å². The minimum Gasteiger partial charge on any atom is -0.289 e. The van der Waals surface area contributed by atoms with Crippen molar-refractivity contribution in [1.29, 1.82) is 0 Å². The lowest BCUT2D eigenvalue weighted by atomic mass is 9.89. The fourth-order valence-corrected chi connectivity index (χ4v) is 4.23.